The molecule has 4 nitrogen and oxygen atoms in total. The molecule has 0 aliphatic heterocycles. The normalized spacial score (nSPS) is 11.8. The second-order valence-electron chi connectivity index (χ2n) is 4.78. The van der Waals surface area contributed by atoms with E-state index in [4.69, 9.17) is 5.73 Å². The van der Waals surface area contributed by atoms with Gasteiger partial charge in [0.2, 0.25) is 10.0 Å². The largest absolute Gasteiger partial charge is 0.398 e. The van der Waals surface area contributed by atoms with Gasteiger partial charge < -0.3 is 5.73 Å². The second kappa shape index (κ2) is 5.55. The zero-order valence-corrected chi connectivity index (χ0v) is 13.4. The van der Waals surface area contributed by atoms with E-state index in [9.17, 15) is 8.42 Å². The quantitative estimate of drug-likeness (QED) is 0.853. The van der Waals surface area contributed by atoms with Gasteiger partial charge in [0.05, 0.1) is 4.90 Å². The fourth-order valence-corrected chi connectivity index (χ4v) is 4.50. The fraction of sp³-hybridized carbons (Fsp3) is 0.286. The lowest BCUT2D eigenvalue weighted by molar-refractivity contribution is 0.580. The van der Waals surface area contributed by atoms with Crippen LogP contribution in [-0.2, 0) is 16.6 Å². The van der Waals surface area contributed by atoms with E-state index >= 15 is 0 Å². The summed E-state index contributed by atoms with van der Waals surface area (Å²) in [5, 5.41) is 1.95. The molecule has 0 saturated heterocycles. The lowest BCUT2D eigenvalue weighted by atomic mass is 10.1. The summed E-state index contributed by atoms with van der Waals surface area (Å²) in [6.45, 7) is 5.78. The molecule has 0 bridgehead atoms. The Morgan fingerprint density at radius 3 is 2.45 bits per heavy atom. The molecule has 20 heavy (non-hydrogen) atoms. The number of anilines is 1. The monoisotopic (exact) mass is 310 g/mol. The molecule has 1 aromatic heterocycles. The number of thiophene rings is 1. The van der Waals surface area contributed by atoms with Gasteiger partial charge >= 0.3 is 0 Å². The summed E-state index contributed by atoms with van der Waals surface area (Å²) < 4.78 is 27.6. The molecule has 2 aromatic rings. The van der Waals surface area contributed by atoms with Gasteiger partial charge in [-0.15, -0.1) is 11.3 Å². The number of rotatable bonds is 4. The van der Waals surface area contributed by atoms with Crippen LogP contribution in [0.5, 0.6) is 0 Å². The topological polar surface area (TPSA) is 72.2 Å². The van der Waals surface area contributed by atoms with Crippen LogP contribution < -0.4 is 10.5 Å². The van der Waals surface area contributed by atoms with Crippen molar-refractivity contribution in [1.82, 2.24) is 4.72 Å². The minimum Gasteiger partial charge on any atom is -0.398 e. The number of sulfonamides is 1. The van der Waals surface area contributed by atoms with Crippen LogP contribution in [0.2, 0.25) is 0 Å². The van der Waals surface area contributed by atoms with E-state index in [0.717, 1.165) is 10.4 Å². The smallest absolute Gasteiger partial charge is 0.241 e. The van der Waals surface area contributed by atoms with Gasteiger partial charge in [0.1, 0.15) is 0 Å². The third kappa shape index (κ3) is 2.87. The Kier molecular flexibility index (Phi) is 4.17. The van der Waals surface area contributed by atoms with Crippen LogP contribution in [0.15, 0.2) is 28.5 Å². The molecule has 2 rings (SSSR count). The maximum absolute atomic E-state index is 12.5. The van der Waals surface area contributed by atoms with Crippen LogP contribution >= 0.6 is 11.3 Å². The van der Waals surface area contributed by atoms with Crippen LogP contribution in [0.25, 0.3) is 0 Å². The van der Waals surface area contributed by atoms with Gasteiger partial charge in [-0.2, -0.15) is 0 Å². The van der Waals surface area contributed by atoms with Crippen molar-refractivity contribution in [3.8, 4) is 0 Å². The number of aryl methyl sites for hydroxylation is 2. The average molecular weight is 310 g/mol. The molecule has 0 saturated carbocycles. The summed E-state index contributed by atoms with van der Waals surface area (Å²) in [7, 11) is -3.56. The zero-order valence-electron chi connectivity index (χ0n) is 11.7. The second-order valence-corrected chi connectivity index (χ2v) is 7.48. The Morgan fingerprint density at radius 1 is 1.15 bits per heavy atom. The van der Waals surface area contributed by atoms with Crippen molar-refractivity contribution in [2.24, 2.45) is 0 Å². The molecule has 0 fully saturated rings. The van der Waals surface area contributed by atoms with Crippen molar-refractivity contribution in [2.45, 2.75) is 32.2 Å². The minimum atomic E-state index is -3.56. The first-order valence-corrected chi connectivity index (χ1v) is 8.57. The maximum Gasteiger partial charge on any atom is 0.241 e. The molecule has 6 heteroatoms. The Morgan fingerprint density at radius 2 is 1.85 bits per heavy atom. The number of nitrogens with two attached hydrogens (primary N) is 1. The Labute approximate surface area is 123 Å². The van der Waals surface area contributed by atoms with Crippen LogP contribution in [-0.4, -0.2) is 8.42 Å². The standard InChI is InChI=1S/C14H18N2O2S2/c1-9-6-7-19-13(9)8-16-20(17,18)14-10(2)4-5-12(15)11(14)3/h4-7,16H,8,15H2,1-3H3. The zero-order chi connectivity index (χ0) is 14.9. The van der Waals surface area contributed by atoms with Crippen LogP contribution in [0, 0.1) is 20.8 Å². The van der Waals surface area contributed by atoms with Gasteiger partial charge in [-0.25, -0.2) is 13.1 Å². The van der Waals surface area contributed by atoms with E-state index in [1.54, 1.807) is 37.3 Å². The van der Waals surface area contributed by atoms with Gasteiger partial charge in [-0.3, -0.25) is 0 Å². The first kappa shape index (κ1) is 15.0. The average Bonchev–Trinajstić information content (AvgIpc) is 2.77. The highest BCUT2D eigenvalue weighted by atomic mass is 32.2. The van der Waals surface area contributed by atoms with E-state index in [-0.39, 0.29) is 4.90 Å². The maximum atomic E-state index is 12.5. The molecule has 0 unspecified atom stereocenters. The first-order valence-electron chi connectivity index (χ1n) is 6.21. The molecule has 108 valence electrons. The van der Waals surface area contributed by atoms with Crippen molar-refractivity contribution >= 4 is 27.0 Å². The molecule has 1 aromatic carbocycles. The highest BCUT2D eigenvalue weighted by Crippen LogP contribution is 2.25. The van der Waals surface area contributed by atoms with E-state index in [1.807, 2.05) is 18.4 Å². The van der Waals surface area contributed by atoms with Gasteiger partial charge in [0, 0.05) is 17.1 Å². The molecule has 0 atom stereocenters. The summed E-state index contributed by atoms with van der Waals surface area (Å²) in [5.41, 5.74) is 8.69. The minimum absolute atomic E-state index is 0.284. The van der Waals surface area contributed by atoms with E-state index in [0.29, 0.717) is 23.4 Å². The lowest BCUT2D eigenvalue weighted by Crippen LogP contribution is -2.25. The van der Waals surface area contributed by atoms with Gasteiger partial charge in [-0.1, -0.05) is 6.07 Å². The van der Waals surface area contributed by atoms with Crippen molar-refractivity contribution in [3.63, 3.8) is 0 Å². The van der Waals surface area contributed by atoms with Crippen LogP contribution in [0.4, 0.5) is 5.69 Å². The lowest BCUT2D eigenvalue weighted by Gasteiger charge is -2.13. The SMILES string of the molecule is Cc1ccsc1CNS(=O)(=O)c1c(C)ccc(N)c1C. The third-order valence-electron chi connectivity index (χ3n) is 3.30. The molecular formula is C14H18N2O2S2. The van der Waals surface area contributed by atoms with E-state index < -0.39 is 10.0 Å². The first-order chi connectivity index (χ1) is 9.33. The number of nitrogens with one attached hydrogen (secondary N) is 1. The summed E-state index contributed by atoms with van der Waals surface area (Å²) in [6, 6.07) is 5.44. The molecule has 0 amide bonds. The predicted molar refractivity (Wildman–Crippen MR) is 83.4 cm³/mol. The van der Waals surface area contributed by atoms with Crippen LogP contribution in [0.3, 0.4) is 0 Å². The molecular weight excluding hydrogens is 292 g/mol. The van der Waals surface area contributed by atoms with Gasteiger partial charge in [-0.05, 0) is 55.0 Å². The van der Waals surface area contributed by atoms with E-state index in [2.05, 4.69) is 4.72 Å². The molecule has 0 radical (unpaired) electrons. The highest BCUT2D eigenvalue weighted by Gasteiger charge is 2.20. The number of benzene rings is 1. The molecule has 0 aliphatic rings. The Balaban J connectivity index is 2.32. The summed E-state index contributed by atoms with van der Waals surface area (Å²) in [6.07, 6.45) is 0. The number of hydrogen-bond donors (Lipinski definition) is 2. The predicted octanol–water partition coefficient (Wildman–Crippen LogP) is 2.73. The molecule has 1 heterocycles. The van der Waals surface area contributed by atoms with Crippen molar-refractivity contribution in [2.75, 3.05) is 5.73 Å². The number of nitrogen functional groups attached to an aromatic ring is 1. The summed E-state index contributed by atoms with van der Waals surface area (Å²) >= 11 is 1.55. The van der Waals surface area contributed by atoms with E-state index in [1.165, 1.54) is 0 Å². The summed E-state index contributed by atoms with van der Waals surface area (Å²) in [4.78, 5) is 1.31. The Bertz CT molecular complexity index is 734. The molecule has 3 N–H and O–H groups in total. The number of hydrogen-bond acceptors (Lipinski definition) is 4. The fourth-order valence-electron chi connectivity index (χ4n) is 2.07. The Hall–Kier alpha value is -1.37. The van der Waals surface area contributed by atoms with Crippen molar-refractivity contribution in [3.05, 3.63) is 45.1 Å². The van der Waals surface area contributed by atoms with Crippen molar-refractivity contribution in [1.29, 1.82) is 0 Å². The molecule has 0 spiro atoms. The van der Waals surface area contributed by atoms with Crippen molar-refractivity contribution < 1.29 is 8.42 Å². The van der Waals surface area contributed by atoms with Crippen LogP contribution in [0.1, 0.15) is 21.6 Å². The van der Waals surface area contributed by atoms with Gasteiger partial charge in [0.25, 0.3) is 0 Å². The third-order valence-corrected chi connectivity index (χ3v) is 6.02. The highest BCUT2D eigenvalue weighted by molar-refractivity contribution is 7.89. The molecule has 0 aliphatic carbocycles. The summed E-state index contributed by atoms with van der Waals surface area (Å²) in [5.74, 6) is 0. The van der Waals surface area contributed by atoms with Gasteiger partial charge in [0.15, 0.2) is 0 Å².